The summed E-state index contributed by atoms with van der Waals surface area (Å²) in [5.74, 6) is 0. The van der Waals surface area contributed by atoms with E-state index in [1.54, 1.807) is 12.2 Å². The third kappa shape index (κ3) is 5.09. The van der Waals surface area contributed by atoms with Crippen LogP contribution < -0.4 is 0 Å². The molecule has 4 heteroatoms. The molecular weight excluding hydrogens is 387 g/mol. The van der Waals surface area contributed by atoms with Crippen LogP contribution in [-0.4, -0.2) is 29.7 Å². The van der Waals surface area contributed by atoms with Crippen molar-refractivity contribution in [1.29, 1.82) is 5.26 Å². The number of hydrogen-bond donors (Lipinski definition) is 1. The summed E-state index contributed by atoms with van der Waals surface area (Å²) >= 11 is 2.26. The molecule has 0 amide bonds. The predicted molar refractivity (Wildman–Crippen MR) is 99.4 cm³/mol. The van der Waals surface area contributed by atoms with Crippen molar-refractivity contribution < 1.29 is 5.11 Å². The smallest absolute Gasteiger partial charge is 0.124 e. The van der Waals surface area contributed by atoms with Crippen LogP contribution in [0.2, 0.25) is 0 Å². The van der Waals surface area contributed by atoms with E-state index in [4.69, 9.17) is 0 Å². The molecule has 22 heavy (non-hydrogen) atoms. The molecule has 3 nitrogen and oxygen atoms in total. The van der Waals surface area contributed by atoms with Crippen LogP contribution in [0.25, 0.3) is 0 Å². The number of aliphatic hydroxyl groups excluding tert-OH is 1. The molecule has 0 saturated carbocycles. The third-order valence-electron chi connectivity index (χ3n) is 3.38. The molecule has 0 spiro atoms. The average Bonchev–Trinajstić information content (AvgIpc) is 2.49. The molecule has 0 bridgehead atoms. The van der Waals surface area contributed by atoms with Gasteiger partial charge in [-0.15, -0.1) is 0 Å². The standard InChI is InChI=1S/C18H21IN2O/c1-4-6-15(5-2)13-21(9-10-22)18(12-20)17-8-7-16(19)11-14(17)3/h4-8,11,18,22H,1-2,9-10,13H2,3H3/b15-6+. The Bertz CT molecular complexity index is 602. The van der Waals surface area contributed by atoms with Crippen molar-refractivity contribution in [3.8, 4) is 6.07 Å². The van der Waals surface area contributed by atoms with E-state index < -0.39 is 6.04 Å². The van der Waals surface area contributed by atoms with Gasteiger partial charge in [-0.05, 0) is 58.3 Å². The van der Waals surface area contributed by atoms with Crippen molar-refractivity contribution in [2.45, 2.75) is 13.0 Å². The molecular formula is C18H21IN2O. The molecule has 0 aliphatic rings. The molecule has 0 aromatic heterocycles. The monoisotopic (exact) mass is 408 g/mol. The molecule has 0 fully saturated rings. The molecule has 1 N–H and O–H groups in total. The molecule has 0 heterocycles. The Hall–Kier alpha value is -1.42. The van der Waals surface area contributed by atoms with E-state index in [0.717, 1.165) is 20.3 Å². The van der Waals surface area contributed by atoms with Gasteiger partial charge in [0, 0.05) is 16.7 Å². The lowest BCUT2D eigenvalue weighted by atomic mass is 10.00. The SMILES string of the molecule is C=C/C=C(\C=C)CN(CCO)C(C#N)c1ccc(I)cc1C. The highest BCUT2D eigenvalue weighted by Gasteiger charge is 2.21. The van der Waals surface area contributed by atoms with Crippen molar-refractivity contribution in [1.82, 2.24) is 4.90 Å². The number of hydrogen-bond acceptors (Lipinski definition) is 3. The first-order chi connectivity index (χ1) is 10.6. The second kappa shape index (κ2) is 9.57. The molecule has 1 unspecified atom stereocenters. The fraction of sp³-hybridized carbons (Fsp3) is 0.278. The predicted octanol–water partition coefficient (Wildman–Crippen LogP) is 3.76. The molecule has 1 aromatic rings. The highest BCUT2D eigenvalue weighted by Crippen LogP contribution is 2.25. The molecule has 1 rings (SSSR count). The van der Waals surface area contributed by atoms with Crippen molar-refractivity contribution in [3.05, 3.63) is 69.9 Å². The molecule has 116 valence electrons. The van der Waals surface area contributed by atoms with Gasteiger partial charge in [0.25, 0.3) is 0 Å². The van der Waals surface area contributed by atoms with Gasteiger partial charge in [0.15, 0.2) is 0 Å². The second-order valence-electron chi connectivity index (χ2n) is 4.91. The van der Waals surface area contributed by atoms with Gasteiger partial charge in [-0.25, -0.2) is 0 Å². The lowest BCUT2D eigenvalue weighted by Gasteiger charge is -2.28. The highest BCUT2D eigenvalue weighted by molar-refractivity contribution is 14.1. The zero-order chi connectivity index (χ0) is 16.5. The molecule has 0 saturated heterocycles. The summed E-state index contributed by atoms with van der Waals surface area (Å²) in [5.41, 5.74) is 3.01. The number of nitriles is 1. The van der Waals surface area contributed by atoms with Crippen molar-refractivity contribution in [2.24, 2.45) is 0 Å². The molecule has 0 radical (unpaired) electrons. The van der Waals surface area contributed by atoms with Gasteiger partial charge >= 0.3 is 0 Å². The zero-order valence-corrected chi connectivity index (χ0v) is 15.0. The van der Waals surface area contributed by atoms with Crippen molar-refractivity contribution >= 4 is 22.6 Å². The Kier molecular flexibility index (Phi) is 8.10. The Balaban J connectivity index is 3.15. The summed E-state index contributed by atoms with van der Waals surface area (Å²) < 4.78 is 1.14. The first-order valence-corrected chi connectivity index (χ1v) is 8.09. The number of nitrogens with zero attached hydrogens (tertiary/aromatic N) is 2. The normalized spacial score (nSPS) is 12.8. The molecule has 1 aromatic carbocycles. The van der Waals surface area contributed by atoms with E-state index in [1.807, 2.05) is 30.0 Å². The Morgan fingerprint density at radius 3 is 2.73 bits per heavy atom. The maximum absolute atomic E-state index is 9.65. The number of allylic oxidation sites excluding steroid dienone is 2. The van der Waals surface area contributed by atoms with E-state index in [0.29, 0.717) is 13.1 Å². The maximum atomic E-state index is 9.65. The lowest BCUT2D eigenvalue weighted by molar-refractivity contribution is 0.185. The van der Waals surface area contributed by atoms with Crippen molar-refractivity contribution in [2.75, 3.05) is 19.7 Å². The highest BCUT2D eigenvalue weighted by atomic mass is 127. The van der Waals surface area contributed by atoms with E-state index in [-0.39, 0.29) is 6.61 Å². The largest absolute Gasteiger partial charge is 0.395 e. The Morgan fingerprint density at radius 2 is 2.23 bits per heavy atom. The van der Waals surface area contributed by atoms with Crippen LogP contribution in [0.1, 0.15) is 17.2 Å². The number of aliphatic hydroxyl groups is 1. The minimum atomic E-state index is -0.405. The summed E-state index contributed by atoms with van der Waals surface area (Å²) in [6.07, 6.45) is 5.32. The zero-order valence-electron chi connectivity index (χ0n) is 12.8. The van der Waals surface area contributed by atoms with Gasteiger partial charge in [-0.1, -0.05) is 37.5 Å². The number of aryl methyl sites for hydroxylation is 1. The summed E-state index contributed by atoms with van der Waals surface area (Å²) in [5, 5.41) is 19.0. The van der Waals surface area contributed by atoms with E-state index in [9.17, 15) is 10.4 Å². The molecule has 1 atom stereocenters. The maximum Gasteiger partial charge on any atom is 0.124 e. The van der Waals surface area contributed by atoms with Crippen LogP contribution in [0, 0.1) is 21.8 Å². The van der Waals surface area contributed by atoms with Crippen molar-refractivity contribution in [3.63, 3.8) is 0 Å². The quantitative estimate of drug-likeness (QED) is 0.527. The fourth-order valence-corrected chi connectivity index (χ4v) is 2.94. The first kappa shape index (κ1) is 18.6. The van der Waals surface area contributed by atoms with E-state index >= 15 is 0 Å². The number of benzene rings is 1. The fourth-order valence-electron chi connectivity index (χ4n) is 2.29. The minimum absolute atomic E-state index is 0.000107. The minimum Gasteiger partial charge on any atom is -0.395 e. The van der Waals surface area contributed by atoms with Gasteiger partial charge in [0.05, 0.1) is 12.7 Å². The van der Waals surface area contributed by atoms with Crippen LogP contribution in [0.15, 0.2) is 55.2 Å². The van der Waals surface area contributed by atoms with E-state index in [1.165, 1.54) is 0 Å². The van der Waals surface area contributed by atoms with E-state index in [2.05, 4.69) is 47.9 Å². The Morgan fingerprint density at radius 1 is 1.50 bits per heavy atom. The van der Waals surface area contributed by atoms with Crippen LogP contribution in [-0.2, 0) is 0 Å². The third-order valence-corrected chi connectivity index (χ3v) is 4.05. The molecule has 0 aliphatic heterocycles. The summed E-state index contributed by atoms with van der Waals surface area (Å²) in [4.78, 5) is 1.95. The number of rotatable bonds is 8. The van der Waals surface area contributed by atoms with Crippen LogP contribution >= 0.6 is 22.6 Å². The topological polar surface area (TPSA) is 47.3 Å². The average molecular weight is 408 g/mol. The van der Waals surface area contributed by atoms with Gasteiger partial charge < -0.3 is 5.11 Å². The van der Waals surface area contributed by atoms with Gasteiger partial charge in [0.1, 0.15) is 6.04 Å². The summed E-state index contributed by atoms with van der Waals surface area (Å²) in [6.45, 7) is 10.5. The number of halogens is 1. The molecule has 0 aliphatic carbocycles. The second-order valence-corrected chi connectivity index (χ2v) is 6.15. The van der Waals surface area contributed by atoms with Gasteiger partial charge in [0.2, 0.25) is 0 Å². The van der Waals surface area contributed by atoms with Gasteiger partial charge in [-0.2, -0.15) is 5.26 Å². The summed E-state index contributed by atoms with van der Waals surface area (Å²) in [6, 6.07) is 8.00. The lowest BCUT2D eigenvalue weighted by Crippen LogP contribution is -2.32. The van der Waals surface area contributed by atoms with Crippen LogP contribution in [0.5, 0.6) is 0 Å². The first-order valence-electron chi connectivity index (χ1n) is 7.02. The summed E-state index contributed by atoms with van der Waals surface area (Å²) in [7, 11) is 0. The Labute approximate surface area is 146 Å². The van der Waals surface area contributed by atoms with Crippen LogP contribution in [0.4, 0.5) is 0 Å². The van der Waals surface area contributed by atoms with Gasteiger partial charge in [-0.3, -0.25) is 4.90 Å². The van der Waals surface area contributed by atoms with Crippen LogP contribution in [0.3, 0.4) is 0 Å².